The second kappa shape index (κ2) is 5.07. The molecule has 0 bridgehead atoms. The van der Waals surface area contributed by atoms with Gasteiger partial charge in [-0.1, -0.05) is 25.2 Å². The molecule has 1 N–H and O–H groups in total. The summed E-state index contributed by atoms with van der Waals surface area (Å²) in [7, 11) is 0. The van der Waals surface area contributed by atoms with Crippen molar-refractivity contribution in [2.75, 3.05) is 11.4 Å². The van der Waals surface area contributed by atoms with Crippen LogP contribution in [0, 0.1) is 0 Å². The molecule has 3 rings (SSSR count). The Kier molecular flexibility index (Phi) is 3.43. The van der Waals surface area contributed by atoms with Crippen molar-refractivity contribution in [1.82, 2.24) is 15.5 Å². The molecular weight excluding hydrogens is 260 g/mol. The van der Waals surface area contributed by atoms with Gasteiger partial charge in [-0.3, -0.25) is 4.79 Å². The predicted octanol–water partition coefficient (Wildman–Crippen LogP) is 1.91. The Labute approximate surface area is 117 Å². The number of hydrogen-bond donors (Lipinski definition) is 1. The maximum atomic E-state index is 12.2. The molecule has 0 spiro atoms. The Bertz CT molecular complexity index is 469. The van der Waals surface area contributed by atoms with Crippen molar-refractivity contribution < 1.29 is 4.79 Å². The molecule has 0 aromatic carbocycles. The molecule has 6 heteroatoms. The minimum absolute atomic E-state index is 0.0476. The SMILES string of the molecule is CC(C)c1nnc(N2CCCC2C(=O)NC2CC2)s1. The Balaban J connectivity index is 1.72. The number of anilines is 1. The summed E-state index contributed by atoms with van der Waals surface area (Å²) in [5.41, 5.74) is 0. The van der Waals surface area contributed by atoms with Gasteiger partial charge >= 0.3 is 0 Å². The number of amides is 1. The van der Waals surface area contributed by atoms with Crippen LogP contribution in [0.25, 0.3) is 0 Å². The zero-order valence-electron chi connectivity index (χ0n) is 11.4. The number of nitrogens with zero attached hydrogens (tertiary/aromatic N) is 3. The van der Waals surface area contributed by atoms with Crippen molar-refractivity contribution in [2.45, 2.75) is 57.5 Å². The number of nitrogens with one attached hydrogen (secondary N) is 1. The standard InChI is InChI=1S/C13H20N4OS/c1-8(2)12-15-16-13(19-12)17-7-3-4-10(17)11(18)14-9-5-6-9/h8-10H,3-7H2,1-2H3,(H,14,18). The van der Waals surface area contributed by atoms with Crippen LogP contribution in [-0.4, -0.2) is 34.7 Å². The lowest BCUT2D eigenvalue weighted by Gasteiger charge is -2.22. The number of carbonyl (C=O) groups is 1. The lowest BCUT2D eigenvalue weighted by molar-refractivity contribution is -0.122. The van der Waals surface area contributed by atoms with E-state index in [9.17, 15) is 4.79 Å². The van der Waals surface area contributed by atoms with Gasteiger partial charge in [-0.15, -0.1) is 10.2 Å². The first kappa shape index (κ1) is 12.8. The molecular formula is C13H20N4OS. The summed E-state index contributed by atoms with van der Waals surface area (Å²) >= 11 is 1.62. The maximum Gasteiger partial charge on any atom is 0.243 e. The van der Waals surface area contributed by atoms with Crippen LogP contribution < -0.4 is 10.2 Å². The first-order chi connectivity index (χ1) is 9.15. The van der Waals surface area contributed by atoms with E-state index in [1.54, 1.807) is 11.3 Å². The zero-order chi connectivity index (χ0) is 13.4. The quantitative estimate of drug-likeness (QED) is 0.915. The Hall–Kier alpha value is -1.17. The molecule has 2 heterocycles. The molecule has 2 fully saturated rings. The summed E-state index contributed by atoms with van der Waals surface area (Å²) < 4.78 is 0. The summed E-state index contributed by atoms with van der Waals surface area (Å²) in [4.78, 5) is 14.4. The second-order valence-electron chi connectivity index (χ2n) is 5.71. The van der Waals surface area contributed by atoms with Crippen LogP contribution >= 0.6 is 11.3 Å². The first-order valence-corrected chi connectivity index (χ1v) is 7.87. The van der Waals surface area contributed by atoms with Gasteiger partial charge in [-0.25, -0.2) is 0 Å². The molecule has 1 unspecified atom stereocenters. The molecule has 0 radical (unpaired) electrons. The highest BCUT2D eigenvalue weighted by Gasteiger charge is 2.35. The van der Waals surface area contributed by atoms with Gasteiger partial charge in [0.2, 0.25) is 11.0 Å². The Morgan fingerprint density at radius 2 is 2.16 bits per heavy atom. The highest BCUT2D eigenvalue weighted by atomic mass is 32.1. The van der Waals surface area contributed by atoms with Gasteiger partial charge in [0.1, 0.15) is 11.0 Å². The minimum atomic E-state index is -0.0476. The highest BCUT2D eigenvalue weighted by molar-refractivity contribution is 7.15. The third-order valence-corrected chi connectivity index (χ3v) is 4.91. The summed E-state index contributed by atoms with van der Waals surface area (Å²) in [6, 6.07) is 0.379. The molecule has 19 heavy (non-hydrogen) atoms. The highest BCUT2D eigenvalue weighted by Crippen LogP contribution is 2.31. The third kappa shape index (κ3) is 2.73. The van der Waals surface area contributed by atoms with Gasteiger partial charge in [0.25, 0.3) is 0 Å². The van der Waals surface area contributed by atoms with E-state index in [4.69, 9.17) is 0 Å². The van der Waals surface area contributed by atoms with Gasteiger partial charge in [0.05, 0.1) is 0 Å². The fourth-order valence-electron chi connectivity index (χ4n) is 2.37. The molecule has 1 amide bonds. The van der Waals surface area contributed by atoms with Crippen molar-refractivity contribution >= 4 is 22.4 Å². The second-order valence-corrected chi connectivity index (χ2v) is 6.70. The smallest absolute Gasteiger partial charge is 0.243 e. The van der Waals surface area contributed by atoms with E-state index in [1.165, 1.54) is 0 Å². The van der Waals surface area contributed by atoms with Gasteiger partial charge in [-0.05, 0) is 25.7 Å². The fraction of sp³-hybridized carbons (Fsp3) is 0.769. The van der Waals surface area contributed by atoms with E-state index in [-0.39, 0.29) is 11.9 Å². The zero-order valence-corrected chi connectivity index (χ0v) is 12.2. The summed E-state index contributed by atoms with van der Waals surface area (Å²) in [5.74, 6) is 0.564. The van der Waals surface area contributed by atoms with E-state index in [2.05, 4.69) is 34.3 Å². The van der Waals surface area contributed by atoms with Crippen LogP contribution in [-0.2, 0) is 4.79 Å². The van der Waals surface area contributed by atoms with Crippen LogP contribution in [0.5, 0.6) is 0 Å². The Morgan fingerprint density at radius 1 is 1.37 bits per heavy atom. The lowest BCUT2D eigenvalue weighted by atomic mass is 10.2. The van der Waals surface area contributed by atoms with E-state index < -0.39 is 0 Å². The molecule has 104 valence electrons. The molecule has 1 atom stereocenters. The van der Waals surface area contributed by atoms with Crippen molar-refractivity contribution in [2.24, 2.45) is 0 Å². The number of carbonyl (C=O) groups excluding carboxylic acids is 1. The van der Waals surface area contributed by atoms with E-state index in [0.717, 1.165) is 42.4 Å². The first-order valence-electron chi connectivity index (χ1n) is 7.05. The van der Waals surface area contributed by atoms with Crippen LogP contribution in [0.15, 0.2) is 0 Å². The average molecular weight is 280 g/mol. The van der Waals surface area contributed by atoms with E-state index >= 15 is 0 Å². The minimum Gasteiger partial charge on any atom is -0.352 e. The van der Waals surface area contributed by atoms with Crippen molar-refractivity contribution in [3.63, 3.8) is 0 Å². The van der Waals surface area contributed by atoms with Crippen molar-refractivity contribution in [3.8, 4) is 0 Å². The number of hydrogen-bond acceptors (Lipinski definition) is 5. The van der Waals surface area contributed by atoms with E-state index in [1.807, 2.05) is 0 Å². The summed E-state index contributed by atoms with van der Waals surface area (Å²) in [6.07, 6.45) is 4.25. The topological polar surface area (TPSA) is 58.1 Å². The van der Waals surface area contributed by atoms with Gasteiger partial charge in [-0.2, -0.15) is 0 Å². The maximum absolute atomic E-state index is 12.2. The number of aromatic nitrogens is 2. The van der Waals surface area contributed by atoms with Crippen molar-refractivity contribution in [3.05, 3.63) is 5.01 Å². The third-order valence-electron chi connectivity index (χ3n) is 3.65. The molecule has 1 aromatic heterocycles. The molecule has 1 saturated heterocycles. The molecule has 5 nitrogen and oxygen atoms in total. The van der Waals surface area contributed by atoms with Gasteiger partial charge in [0.15, 0.2) is 0 Å². The molecule has 1 aliphatic carbocycles. The van der Waals surface area contributed by atoms with Crippen LogP contribution in [0.2, 0.25) is 0 Å². The normalized spacial score (nSPS) is 23.1. The summed E-state index contributed by atoms with van der Waals surface area (Å²) in [6.45, 7) is 5.15. The molecule has 2 aliphatic rings. The van der Waals surface area contributed by atoms with E-state index in [0.29, 0.717) is 12.0 Å². The average Bonchev–Trinajstić information content (AvgIpc) is 2.92. The van der Waals surface area contributed by atoms with Crippen LogP contribution in [0.1, 0.15) is 50.5 Å². The fourth-order valence-corrected chi connectivity index (χ4v) is 3.29. The van der Waals surface area contributed by atoms with Crippen LogP contribution in [0.3, 0.4) is 0 Å². The van der Waals surface area contributed by atoms with Crippen molar-refractivity contribution in [1.29, 1.82) is 0 Å². The monoisotopic (exact) mass is 280 g/mol. The Morgan fingerprint density at radius 3 is 2.79 bits per heavy atom. The largest absolute Gasteiger partial charge is 0.352 e. The number of rotatable bonds is 4. The van der Waals surface area contributed by atoms with Gasteiger partial charge < -0.3 is 10.2 Å². The lowest BCUT2D eigenvalue weighted by Crippen LogP contribution is -2.44. The summed E-state index contributed by atoms with van der Waals surface area (Å²) in [5, 5.41) is 13.5. The molecule has 1 aromatic rings. The molecule has 1 aliphatic heterocycles. The predicted molar refractivity (Wildman–Crippen MR) is 75.5 cm³/mol. The van der Waals surface area contributed by atoms with Crippen LogP contribution in [0.4, 0.5) is 5.13 Å². The van der Waals surface area contributed by atoms with Gasteiger partial charge in [0, 0.05) is 18.5 Å². The molecule has 1 saturated carbocycles.